The van der Waals surface area contributed by atoms with E-state index < -0.39 is 11.9 Å². The summed E-state index contributed by atoms with van der Waals surface area (Å²) in [6, 6.07) is 4.22. The van der Waals surface area contributed by atoms with Gasteiger partial charge in [-0.1, -0.05) is 26.8 Å². The second-order valence-electron chi connectivity index (χ2n) is 5.62. The Morgan fingerprint density at radius 1 is 1.39 bits per heavy atom. The highest BCUT2D eigenvalue weighted by atomic mass is 19.1. The third kappa shape index (κ3) is 3.68. The Labute approximate surface area is 108 Å². The first-order valence-electron chi connectivity index (χ1n) is 6.02. The van der Waals surface area contributed by atoms with Gasteiger partial charge in [0.2, 0.25) is 0 Å². The fraction of sp³-hybridized carbons (Fsp3) is 0.571. The molecule has 0 unspecified atom stereocenters. The van der Waals surface area contributed by atoms with Crippen LogP contribution in [-0.2, 0) is 0 Å². The maximum Gasteiger partial charge on any atom is 0.165 e. The van der Waals surface area contributed by atoms with Gasteiger partial charge in [-0.3, -0.25) is 0 Å². The molecule has 18 heavy (non-hydrogen) atoms. The lowest BCUT2D eigenvalue weighted by molar-refractivity contribution is 0.133. The summed E-state index contributed by atoms with van der Waals surface area (Å²) in [5.41, 5.74) is 6.56. The summed E-state index contributed by atoms with van der Waals surface area (Å²) >= 11 is 0. The van der Waals surface area contributed by atoms with E-state index in [1.165, 1.54) is 19.2 Å². The second-order valence-corrected chi connectivity index (χ2v) is 5.62. The van der Waals surface area contributed by atoms with E-state index in [-0.39, 0.29) is 17.2 Å². The van der Waals surface area contributed by atoms with E-state index >= 15 is 0 Å². The van der Waals surface area contributed by atoms with Crippen molar-refractivity contribution in [3.05, 3.63) is 29.6 Å². The number of hydrogen-bond donors (Lipinski definition) is 2. The molecule has 2 atom stereocenters. The van der Waals surface area contributed by atoms with Crippen molar-refractivity contribution in [2.45, 2.75) is 39.3 Å². The van der Waals surface area contributed by atoms with E-state index in [1.54, 1.807) is 6.07 Å². The van der Waals surface area contributed by atoms with Gasteiger partial charge in [0.15, 0.2) is 11.6 Å². The van der Waals surface area contributed by atoms with Crippen LogP contribution in [0.15, 0.2) is 18.2 Å². The van der Waals surface area contributed by atoms with Crippen LogP contribution in [0, 0.1) is 11.2 Å². The Bertz CT molecular complexity index is 401. The van der Waals surface area contributed by atoms with Gasteiger partial charge in [0.05, 0.1) is 13.2 Å². The summed E-state index contributed by atoms with van der Waals surface area (Å²) in [6.45, 7) is 6.07. The van der Waals surface area contributed by atoms with Crippen LogP contribution in [0.25, 0.3) is 0 Å². The largest absolute Gasteiger partial charge is 0.494 e. The zero-order valence-corrected chi connectivity index (χ0v) is 11.4. The minimum absolute atomic E-state index is 0.0783. The van der Waals surface area contributed by atoms with Crippen LogP contribution >= 0.6 is 0 Å². The molecule has 0 fully saturated rings. The molecule has 0 bridgehead atoms. The number of nitrogens with two attached hydrogens (primary N) is 1. The zero-order chi connectivity index (χ0) is 13.9. The summed E-state index contributed by atoms with van der Waals surface area (Å²) in [6.07, 6.45) is -0.285. The molecular formula is C14H22FNO2. The maximum atomic E-state index is 13.3. The van der Waals surface area contributed by atoms with Crippen LogP contribution in [-0.4, -0.2) is 18.3 Å². The Morgan fingerprint density at radius 3 is 2.50 bits per heavy atom. The monoisotopic (exact) mass is 255 g/mol. The van der Waals surface area contributed by atoms with Crippen molar-refractivity contribution in [2.24, 2.45) is 11.1 Å². The van der Waals surface area contributed by atoms with Crippen molar-refractivity contribution in [3.8, 4) is 5.75 Å². The van der Waals surface area contributed by atoms with Crippen LogP contribution in [0.4, 0.5) is 4.39 Å². The van der Waals surface area contributed by atoms with Crippen LogP contribution in [0.5, 0.6) is 5.75 Å². The van der Waals surface area contributed by atoms with Gasteiger partial charge in [0, 0.05) is 6.04 Å². The van der Waals surface area contributed by atoms with Gasteiger partial charge in [-0.15, -0.1) is 0 Å². The highest BCUT2D eigenvalue weighted by molar-refractivity contribution is 5.31. The number of rotatable bonds is 4. The first-order valence-corrected chi connectivity index (χ1v) is 6.02. The molecule has 3 nitrogen and oxygen atoms in total. The summed E-state index contributed by atoms with van der Waals surface area (Å²) in [4.78, 5) is 0. The van der Waals surface area contributed by atoms with Gasteiger partial charge < -0.3 is 15.6 Å². The van der Waals surface area contributed by atoms with E-state index in [4.69, 9.17) is 10.5 Å². The number of hydrogen-bond acceptors (Lipinski definition) is 3. The molecule has 0 aliphatic carbocycles. The molecule has 102 valence electrons. The lowest BCUT2D eigenvalue weighted by Crippen LogP contribution is -2.36. The van der Waals surface area contributed by atoms with Crippen molar-refractivity contribution >= 4 is 0 Å². The third-order valence-electron chi connectivity index (χ3n) is 3.15. The van der Waals surface area contributed by atoms with Gasteiger partial charge in [-0.05, 0) is 29.5 Å². The minimum atomic E-state index is -0.714. The molecule has 0 aromatic heterocycles. The maximum absolute atomic E-state index is 13.3. The quantitative estimate of drug-likeness (QED) is 0.869. The average Bonchev–Trinajstić information content (AvgIpc) is 2.28. The minimum Gasteiger partial charge on any atom is -0.494 e. The zero-order valence-electron chi connectivity index (χ0n) is 11.4. The molecule has 0 spiro atoms. The van der Waals surface area contributed by atoms with Crippen molar-refractivity contribution in [2.75, 3.05) is 7.11 Å². The smallest absolute Gasteiger partial charge is 0.165 e. The topological polar surface area (TPSA) is 55.5 Å². The fourth-order valence-electron chi connectivity index (χ4n) is 1.61. The summed E-state index contributed by atoms with van der Waals surface area (Å²) < 4.78 is 18.1. The summed E-state index contributed by atoms with van der Waals surface area (Å²) in [7, 11) is 1.40. The molecule has 1 aromatic rings. The normalized spacial score (nSPS) is 15.3. The molecule has 0 aliphatic rings. The van der Waals surface area contributed by atoms with Crippen molar-refractivity contribution in [1.82, 2.24) is 0 Å². The summed E-state index contributed by atoms with van der Waals surface area (Å²) in [5, 5.41) is 10.1. The Balaban J connectivity index is 2.81. The van der Waals surface area contributed by atoms with E-state index in [0.29, 0.717) is 12.0 Å². The molecule has 0 amide bonds. The van der Waals surface area contributed by atoms with Gasteiger partial charge in [0.25, 0.3) is 0 Å². The lowest BCUT2D eigenvalue weighted by atomic mass is 9.83. The van der Waals surface area contributed by atoms with Crippen LogP contribution < -0.4 is 10.5 Å². The second kappa shape index (κ2) is 5.67. The molecule has 0 heterocycles. The van der Waals surface area contributed by atoms with Crippen molar-refractivity contribution in [3.63, 3.8) is 0 Å². The standard InChI is InChI=1S/C14H22FNO2/c1-14(2,3)13(16)8-11(17)9-5-6-10(15)12(7-9)18-4/h5-7,11,13,17H,8,16H2,1-4H3/t11-,13+/m1/s1. The third-order valence-corrected chi connectivity index (χ3v) is 3.15. The van der Waals surface area contributed by atoms with E-state index in [0.717, 1.165) is 0 Å². The first-order chi connectivity index (χ1) is 8.25. The molecule has 0 saturated carbocycles. The highest BCUT2D eigenvalue weighted by Gasteiger charge is 2.24. The first kappa shape index (κ1) is 14.9. The van der Waals surface area contributed by atoms with Crippen LogP contribution in [0.3, 0.4) is 0 Å². The number of benzene rings is 1. The van der Waals surface area contributed by atoms with Gasteiger partial charge in [-0.25, -0.2) is 4.39 Å². The van der Waals surface area contributed by atoms with Gasteiger partial charge in [0.1, 0.15) is 0 Å². The number of methoxy groups -OCH3 is 1. The molecule has 4 heteroatoms. The van der Waals surface area contributed by atoms with E-state index in [9.17, 15) is 9.50 Å². The predicted octanol–water partition coefficient (Wildman–Crippen LogP) is 2.63. The molecule has 0 aliphatic heterocycles. The lowest BCUT2D eigenvalue weighted by Gasteiger charge is -2.29. The molecule has 0 radical (unpaired) electrons. The molecule has 0 saturated heterocycles. The SMILES string of the molecule is COc1cc([C@H](O)C[C@H](N)C(C)(C)C)ccc1F. The summed E-state index contributed by atoms with van der Waals surface area (Å²) in [5.74, 6) is -0.301. The Morgan fingerprint density at radius 2 is 2.00 bits per heavy atom. The Kier molecular flexibility index (Phi) is 4.71. The van der Waals surface area contributed by atoms with Crippen LogP contribution in [0.1, 0.15) is 38.9 Å². The van der Waals surface area contributed by atoms with Gasteiger partial charge in [-0.2, -0.15) is 0 Å². The number of aliphatic hydroxyl groups excluding tert-OH is 1. The van der Waals surface area contributed by atoms with Crippen LogP contribution in [0.2, 0.25) is 0 Å². The predicted molar refractivity (Wildman–Crippen MR) is 70.0 cm³/mol. The van der Waals surface area contributed by atoms with Crippen molar-refractivity contribution in [1.29, 1.82) is 0 Å². The number of halogens is 1. The van der Waals surface area contributed by atoms with E-state index in [1.807, 2.05) is 20.8 Å². The fourth-order valence-corrected chi connectivity index (χ4v) is 1.61. The average molecular weight is 255 g/mol. The number of aliphatic hydroxyl groups is 1. The highest BCUT2D eigenvalue weighted by Crippen LogP contribution is 2.29. The number of ether oxygens (including phenoxy) is 1. The van der Waals surface area contributed by atoms with Crippen molar-refractivity contribution < 1.29 is 14.2 Å². The van der Waals surface area contributed by atoms with Gasteiger partial charge >= 0.3 is 0 Å². The Hall–Kier alpha value is -1.13. The molecular weight excluding hydrogens is 233 g/mol. The molecule has 1 aromatic carbocycles. The molecule has 1 rings (SSSR count). The van der Waals surface area contributed by atoms with E-state index in [2.05, 4.69) is 0 Å². The molecule has 3 N–H and O–H groups in total.